The largest absolute Gasteiger partial charge is 0.444 e. The molecule has 0 spiro atoms. The van der Waals surface area contributed by atoms with Gasteiger partial charge in [0.2, 0.25) is 5.91 Å². The summed E-state index contributed by atoms with van der Waals surface area (Å²) in [5.74, 6) is -0.272. The van der Waals surface area contributed by atoms with Gasteiger partial charge >= 0.3 is 12.2 Å². The minimum absolute atomic E-state index is 0.0608. The smallest absolute Gasteiger partial charge is 0.408 e. The first-order valence-electron chi connectivity index (χ1n) is 16.3. The fourth-order valence-electron chi connectivity index (χ4n) is 5.33. The monoisotopic (exact) mass is 675 g/mol. The van der Waals surface area contributed by atoms with Gasteiger partial charge < -0.3 is 39.6 Å². The minimum Gasteiger partial charge on any atom is -0.444 e. The number of carbonyl (C=O) groups excluding carboxylic acids is 3. The highest BCUT2D eigenvalue weighted by molar-refractivity contribution is 5.86. The maximum atomic E-state index is 13.7. The summed E-state index contributed by atoms with van der Waals surface area (Å²) in [6, 6.07) is 18.3. The molecule has 2 heterocycles. The Bertz CT molecular complexity index is 1580. The zero-order valence-electron chi connectivity index (χ0n) is 28.2. The fraction of sp³-hybridized carbons (Fsp3) is 0.417. The molecule has 0 unspecified atom stereocenters. The van der Waals surface area contributed by atoms with Gasteiger partial charge in [0.15, 0.2) is 12.4 Å². The summed E-state index contributed by atoms with van der Waals surface area (Å²) in [5, 5.41) is 27.7. The Morgan fingerprint density at radius 3 is 2.06 bits per heavy atom. The van der Waals surface area contributed by atoms with Crippen molar-refractivity contribution in [2.24, 2.45) is 5.92 Å². The molecule has 262 valence electrons. The molecule has 4 atom stereocenters. The first-order chi connectivity index (χ1) is 23.6. The molecule has 4 aromatic rings. The van der Waals surface area contributed by atoms with Crippen LogP contribution in [0.3, 0.4) is 0 Å². The third-order valence-electron chi connectivity index (χ3n) is 7.90. The first kappa shape index (κ1) is 36.7. The minimum atomic E-state index is -1.10. The van der Waals surface area contributed by atoms with Crippen molar-refractivity contribution >= 4 is 18.1 Å². The van der Waals surface area contributed by atoms with Crippen LogP contribution in [-0.4, -0.2) is 57.7 Å². The molecule has 0 radical (unpaired) electrons. The number of hydrogen-bond acceptors (Lipinski definition) is 10. The van der Waals surface area contributed by atoms with Crippen LogP contribution < -0.4 is 16.0 Å². The average Bonchev–Trinajstić information content (AvgIpc) is 3.78. The number of ether oxygens (including phenoxy) is 2. The molecule has 0 fully saturated rings. The van der Waals surface area contributed by atoms with E-state index in [4.69, 9.17) is 18.5 Å². The molecule has 0 aliphatic rings. The van der Waals surface area contributed by atoms with Crippen molar-refractivity contribution in [1.29, 1.82) is 0 Å². The van der Waals surface area contributed by atoms with Crippen LogP contribution in [0.5, 0.6) is 0 Å². The summed E-state index contributed by atoms with van der Waals surface area (Å²) in [7, 11) is 0. The lowest BCUT2D eigenvalue weighted by Gasteiger charge is -2.30. The van der Waals surface area contributed by atoms with Crippen LogP contribution in [0.1, 0.15) is 68.2 Å². The van der Waals surface area contributed by atoms with E-state index in [-0.39, 0.29) is 31.5 Å². The Morgan fingerprint density at radius 1 is 0.816 bits per heavy atom. The Labute approximate surface area is 285 Å². The second kappa shape index (κ2) is 18.4. The molecule has 0 saturated heterocycles. The van der Waals surface area contributed by atoms with Gasteiger partial charge in [-0.15, -0.1) is 0 Å². The SMILES string of the molecule is CC(C)c1nocc1COC(=O)N[C@H](C(=O)N[C@@H](Cc1ccccc1)C[C@H](O)[C@H](Cc1ccccc1)NC(=O)OCc1ccno1)C(C)C. The van der Waals surface area contributed by atoms with Gasteiger partial charge in [0.05, 0.1) is 29.6 Å². The lowest BCUT2D eigenvalue weighted by Crippen LogP contribution is -2.54. The van der Waals surface area contributed by atoms with Crippen molar-refractivity contribution < 1.29 is 38.0 Å². The Kier molecular flexibility index (Phi) is 13.8. The van der Waals surface area contributed by atoms with Crippen LogP contribution in [0.2, 0.25) is 0 Å². The van der Waals surface area contributed by atoms with E-state index in [9.17, 15) is 19.5 Å². The fourth-order valence-corrected chi connectivity index (χ4v) is 5.33. The molecule has 2 aromatic carbocycles. The second-order valence-corrected chi connectivity index (χ2v) is 12.5. The summed E-state index contributed by atoms with van der Waals surface area (Å²) >= 11 is 0. The molecular weight excluding hydrogens is 630 g/mol. The van der Waals surface area contributed by atoms with Gasteiger partial charge in [-0.3, -0.25) is 4.79 Å². The number of nitrogens with zero attached hydrogens (tertiary/aromatic N) is 2. The van der Waals surface area contributed by atoms with Crippen LogP contribution in [-0.2, 0) is 40.3 Å². The van der Waals surface area contributed by atoms with Crippen LogP contribution in [0, 0.1) is 5.92 Å². The molecular formula is C36H45N5O8. The van der Waals surface area contributed by atoms with Crippen molar-refractivity contribution in [3.63, 3.8) is 0 Å². The number of nitrogens with one attached hydrogen (secondary N) is 3. The van der Waals surface area contributed by atoms with Crippen molar-refractivity contribution in [3.05, 3.63) is 107 Å². The van der Waals surface area contributed by atoms with E-state index >= 15 is 0 Å². The summed E-state index contributed by atoms with van der Waals surface area (Å²) in [6.45, 7) is 7.34. The van der Waals surface area contributed by atoms with E-state index in [1.54, 1.807) is 6.07 Å². The third kappa shape index (κ3) is 11.8. The van der Waals surface area contributed by atoms with Crippen molar-refractivity contribution in [1.82, 2.24) is 26.3 Å². The predicted octanol–water partition coefficient (Wildman–Crippen LogP) is 5.05. The van der Waals surface area contributed by atoms with Crippen LogP contribution >= 0.6 is 0 Å². The Hall–Kier alpha value is -5.17. The second-order valence-electron chi connectivity index (χ2n) is 12.5. The first-order valence-corrected chi connectivity index (χ1v) is 16.3. The molecule has 0 aliphatic carbocycles. The van der Waals surface area contributed by atoms with Gasteiger partial charge in [-0.2, -0.15) is 0 Å². The molecule has 4 N–H and O–H groups in total. The number of amides is 3. The van der Waals surface area contributed by atoms with E-state index in [0.717, 1.165) is 11.1 Å². The van der Waals surface area contributed by atoms with Gasteiger partial charge in [-0.25, -0.2) is 9.59 Å². The van der Waals surface area contributed by atoms with Crippen molar-refractivity contribution in [2.75, 3.05) is 0 Å². The Morgan fingerprint density at radius 2 is 1.45 bits per heavy atom. The average molecular weight is 676 g/mol. The third-order valence-corrected chi connectivity index (χ3v) is 7.90. The number of aliphatic hydroxyl groups excluding tert-OH is 1. The summed E-state index contributed by atoms with van der Waals surface area (Å²) < 4.78 is 20.7. The maximum absolute atomic E-state index is 13.7. The molecule has 0 aliphatic heterocycles. The Balaban J connectivity index is 1.45. The summed E-state index contributed by atoms with van der Waals surface area (Å²) in [4.78, 5) is 39.4. The van der Waals surface area contributed by atoms with E-state index < -0.39 is 42.3 Å². The molecule has 49 heavy (non-hydrogen) atoms. The van der Waals surface area contributed by atoms with Gasteiger partial charge in [-0.1, -0.05) is 98.7 Å². The highest BCUT2D eigenvalue weighted by atomic mass is 16.6. The summed E-state index contributed by atoms with van der Waals surface area (Å²) in [5.41, 5.74) is 3.16. The quantitative estimate of drug-likeness (QED) is 0.118. The van der Waals surface area contributed by atoms with Crippen LogP contribution in [0.15, 0.2) is 88.2 Å². The number of carbonyl (C=O) groups is 3. The zero-order chi connectivity index (χ0) is 35.2. The highest BCUT2D eigenvalue weighted by Gasteiger charge is 2.31. The molecule has 0 saturated carbocycles. The van der Waals surface area contributed by atoms with Crippen molar-refractivity contribution in [2.45, 2.75) is 90.3 Å². The number of aromatic nitrogens is 2. The molecule has 2 aromatic heterocycles. The number of aliphatic hydroxyl groups is 1. The molecule has 13 heteroatoms. The van der Waals surface area contributed by atoms with Crippen molar-refractivity contribution in [3.8, 4) is 0 Å². The van der Waals surface area contributed by atoms with E-state index in [1.165, 1.54) is 12.5 Å². The molecule has 3 amide bonds. The van der Waals surface area contributed by atoms with Crippen LogP contribution in [0.25, 0.3) is 0 Å². The lowest BCUT2D eigenvalue weighted by atomic mass is 9.93. The van der Waals surface area contributed by atoms with E-state index in [2.05, 4.69) is 26.3 Å². The van der Waals surface area contributed by atoms with Gasteiger partial charge in [0.1, 0.15) is 18.9 Å². The van der Waals surface area contributed by atoms with E-state index in [1.807, 2.05) is 88.4 Å². The standard InChI is InChI=1S/C36H45N5O8/c1-23(2)32-27(21-48-41-32)20-46-36(45)40-33(24(3)4)34(43)38-28(17-25-11-7-5-8-12-25)19-31(42)30(18-26-13-9-6-10-14-26)39-35(44)47-22-29-15-16-37-49-29/h5-16,21,23-24,28,30-31,33,42H,17-20,22H2,1-4H3,(H,38,43)(H,39,44)(H,40,45)/t28-,30-,31-,33-/m0/s1. The molecule has 4 rings (SSSR count). The van der Waals surface area contributed by atoms with Crippen LogP contribution in [0.4, 0.5) is 9.59 Å². The number of alkyl carbamates (subject to hydrolysis) is 2. The maximum Gasteiger partial charge on any atom is 0.408 e. The summed E-state index contributed by atoms with van der Waals surface area (Å²) in [6.07, 6.45) is 1.06. The van der Waals surface area contributed by atoms with Gasteiger partial charge in [0, 0.05) is 12.1 Å². The molecule has 13 nitrogen and oxygen atoms in total. The number of rotatable bonds is 17. The topological polar surface area (TPSA) is 178 Å². The van der Waals surface area contributed by atoms with Gasteiger partial charge in [0.25, 0.3) is 0 Å². The van der Waals surface area contributed by atoms with Gasteiger partial charge in [-0.05, 0) is 42.2 Å². The lowest BCUT2D eigenvalue weighted by molar-refractivity contribution is -0.125. The zero-order valence-corrected chi connectivity index (χ0v) is 28.2. The number of hydrogen-bond donors (Lipinski definition) is 4. The van der Waals surface area contributed by atoms with E-state index in [0.29, 0.717) is 29.9 Å². The normalized spacial score (nSPS) is 13.7. The predicted molar refractivity (Wildman–Crippen MR) is 179 cm³/mol. The number of benzene rings is 2. The highest BCUT2D eigenvalue weighted by Crippen LogP contribution is 2.19. The molecule has 0 bridgehead atoms.